The first-order valence-electron chi connectivity index (χ1n) is 9.14. The maximum atomic E-state index is 12.8. The first kappa shape index (κ1) is 18.7. The van der Waals surface area contributed by atoms with E-state index in [4.69, 9.17) is 9.47 Å². The largest absolute Gasteiger partial charge is 0.478 e. The van der Waals surface area contributed by atoms with E-state index in [0.717, 1.165) is 38.5 Å². The van der Waals surface area contributed by atoms with Gasteiger partial charge in [0.15, 0.2) is 0 Å². The molecule has 1 saturated carbocycles. The number of pyridine rings is 1. The van der Waals surface area contributed by atoms with E-state index in [1.807, 2.05) is 13.0 Å². The fourth-order valence-corrected chi connectivity index (χ4v) is 3.29. The minimum Gasteiger partial charge on any atom is -0.478 e. The molecule has 1 aliphatic rings. The predicted molar refractivity (Wildman–Crippen MR) is 95.3 cm³/mol. The molecule has 0 aliphatic heterocycles. The Labute approximate surface area is 145 Å². The Morgan fingerprint density at radius 2 is 2.25 bits per heavy atom. The summed E-state index contributed by atoms with van der Waals surface area (Å²) in [5.74, 6) is 1.04. The smallest absolute Gasteiger partial charge is 0.256 e. The van der Waals surface area contributed by atoms with E-state index < -0.39 is 5.60 Å². The molecule has 0 saturated heterocycles. The number of hydrogen-bond acceptors (Lipinski definition) is 4. The summed E-state index contributed by atoms with van der Waals surface area (Å²) in [7, 11) is 0. The zero-order valence-electron chi connectivity index (χ0n) is 15.1. The average molecular weight is 334 g/mol. The number of aromatic nitrogens is 1. The zero-order valence-corrected chi connectivity index (χ0v) is 15.1. The third-order valence-corrected chi connectivity index (χ3v) is 4.53. The number of carbonyl (C=O) groups is 1. The summed E-state index contributed by atoms with van der Waals surface area (Å²) in [6, 6.07) is 3.63. The Bertz CT molecular complexity index is 514. The molecule has 0 aromatic carbocycles. The third-order valence-electron chi connectivity index (χ3n) is 4.53. The molecular weight excluding hydrogens is 304 g/mol. The van der Waals surface area contributed by atoms with Crippen molar-refractivity contribution in [2.45, 2.75) is 64.9 Å². The number of ether oxygens (including phenoxy) is 2. The van der Waals surface area contributed by atoms with Gasteiger partial charge in [0.05, 0.1) is 18.5 Å². The Hall–Kier alpha value is -1.62. The lowest BCUT2D eigenvalue weighted by Gasteiger charge is -2.38. The van der Waals surface area contributed by atoms with Crippen molar-refractivity contribution in [1.29, 1.82) is 0 Å². The maximum absolute atomic E-state index is 12.8. The topological polar surface area (TPSA) is 60.5 Å². The molecule has 24 heavy (non-hydrogen) atoms. The number of nitrogens with one attached hydrogen (secondary N) is 1. The molecule has 1 aromatic rings. The number of amides is 1. The van der Waals surface area contributed by atoms with Crippen LogP contribution in [0.5, 0.6) is 5.88 Å². The van der Waals surface area contributed by atoms with E-state index in [9.17, 15) is 4.79 Å². The summed E-state index contributed by atoms with van der Waals surface area (Å²) in [5.41, 5.74) is -0.0250. The lowest BCUT2D eigenvalue weighted by molar-refractivity contribution is -0.147. The molecule has 2 atom stereocenters. The van der Waals surface area contributed by atoms with Crippen LogP contribution in [0.2, 0.25) is 0 Å². The van der Waals surface area contributed by atoms with Gasteiger partial charge < -0.3 is 14.8 Å². The summed E-state index contributed by atoms with van der Waals surface area (Å²) < 4.78 is 11.5. The molecule has 0 bridgehead atoms. The molecule has 134 valence electrons. The highest BCUT2D eigenvalue weighted by atomic mass is 16.5. The highest BCUT2D eigenvalue weighted by molar-refractivity contribution is 5.97. The molecule has 1 fully saturated rings. The summed E-state index contributed by atoms with van der Waals surface area (Å²) in [4.78, 5) is 17.1. The molecule has 0 unspecified atom stereocenters. The van der Waals surface area contributed by atoms with E-state index in [-0.39, 0.29) is 5.91 Å². The molecule has 0 spiro atoms. The van der Waals surface area contributed by atoms with Crippen molar-refractivity contribution in [2.75, 3.05) is 18.5 Å². The maximum Gasteiger partial charge on any atom is 0.256 e. The summed E-state index contributed by atoms with van der Waals surface area (Å²) in [6.45, 7) is 7.46. The number of nitrogens with zero attached hydrogens (tertiary/aromatic N) is 1. The standard InChI is InChI=1S/C19H30N2O3/c1-4-6-12-23-17-10-9-16(14-20-17)21-18(22)19(24-5-2)11-7-8-15(3)13-19/h9-10,14-15H,4-8,11-13H2,1-3H3,(H,21,22)/t15-,19+/m0/s1. The fraction of sp³-hybridized carbons (Fsp3) is 0.684. The van der Waals surface area contributed by atoms with Crippen molar-refractivity contribution in [3.05, 3.63) is 18.3 Å². The minimum atomic E-state index is -0.706. The van der Waals surface area contributed by atoms with E-state index in [0.29, 0.717) is 30.7 Å². The van der Waals surface area contributed by atoms with Gasteiger partial charge >= 0.3 is 0 Å². The summed E-state index contributed by atoms with van der Waals surface area (Å²) in [5, 5.41) is 2.97. The van der Waals surface area contributed by atoms with Crippen LogP contribution in [-0.2, 0) is 9.53 Å². The van der Waals surface area contributed by atoms with E-state index >= 15 is 0 Å². The first-order valence-corrected chi connectivity index (χ1v) is 9.14. The minimum absolute atomic E-state index is 0.0580. The molecule has 1 amide bonds. The number of rotatable bonds is 8. The van der Waals surface area contributed by atoms with Gasteiger partial charge in [0.2, 0.25) is 5.88 Å². The average Bonchev–Trinajstić information content (AvgIpc) is 2.57. The van der Waals surface area contributed by atoms with Crippen molar-refractivity contribution in [3.63, 3.8) is 0 Å². The van der Waals surface area contributed by atoms with Gasteiger partial charge in [-0.2, -0.15) is 0 Å². The van der Waals surface area contributed by atoms with Gasteiger partial charge in [-0.1, -0.05) is 26.7 Å². The molecular formula is C19H30N2O3. The zero-order chi connectivity index (χ0) is 17.4. The molecule has 1 heterocycles. The number of anilines is 1. The molecule has 1 aromatic heterocycles. The Kier molecular flexibility index (Phi) is 7.03. The third kappa shape index (κ3) is 4.94. The van der Waals surface area contributed by atoms with Crippen LogP contribution < -0.4 is 10.1 Å². The van der Waals surface area contributed by atoms with Crippen molar-refractivity contribution in [2.24, 2.45) is 5.92 Å². The quantitative estimate of drug-likeness (QED) is 0.724. The van der Waals surface area contributed by atoms with Gasteiger partial charge in [0.25, 0.3) is 5.91 Å². The van der Waals surface area contributed by atoms with Crippen molar-refractivity contribution in [3.8, 4) is 5.88 Å². The van der Waals surface area contributed by atoms with Gasteiger partial charge in [-0.15, -0.1) is 0 Å². The first-order chi connectivity index (χ1) is 11.6. The molecule has 5 nitrogen and oxygen atoms in total. The van der Waals surface area contributed by atoms with E-state index in [1.165, 1.54) is 0 Å². The Morgan fingerprint density at radius 1 is 1.42 bits per heavy atom. The number of carbonyl (C=O) groups excluding carboxylic acids is 1. The fourth-order valence-electron chi connectivity index (χ4n) is 3.29. The monoisotopic (exact) mass is 334 g/mol. The van der Waals surface area contributed by atoms with Crippen LogP contribution in [0.1, 0.15) is 59.3 Å². The lowest BCUT2D eigenvalue weighted by Crippen LogP contribution is -2.48. The van der Waals surface area contributed by atoms with Gasteiger partial charge in [-0.25, -0.2) is 4.98 Å². The van der Waals surface area contributed by atoms with Gasteiger partial charge in [0, 0.05) is 12.7 Å². The molecule has 5 heteroatoms. The van der Waals surface area contributed by atoms with Crippen LogP contribution in [0.3, 0.4) is 0 Å². The summed E-state index contributed by atoms with van der Waals surface area (Å²) in [6.07, 6.45) is 7.48. The Balaban J connectivity index is 1.98. The second-order valence-electron chi connectivity index (χ2n) is 6.67. The number of hydrogen-bond donors (Lipinski definition) is 1. The number of unbranched alkanes of at least 4 members (excludes halogenated alkanes) is 1. The van der Waals surface area contributed by atoms with Crippen LogP contribution in [0.25, 0.3) is 0 Å². The molecule has 1 aliphatic carbocycles. The molecule has 0 radical (unpaired) electrons. The van der Waals surface area contributed by atoms with Crippen molar-refractivity contribution < 1.29 is 14.3 Å². The Morgan fingerprint density at radius 3 is 2.88 bits per heavy atom. The van der Waals surface area contributed by atoms with E-state index in [2.05, 4.69) is 24.1 Å². The van der Waals surface area contributed by atoms with Gasteiger partial charge in [-0.3, -0.25) is 4.79 Å². The lowest BCUT2D eigenvalue weighted by atomic mass is 9.78. The van der Waals surface area contributed by atoms with E-state index in [1.54, 1.807) is 12.3 Å². The van der Waals surface area contributed by atoms with Crippen LogP contribution in [-0.4, -0.2) is 29.7 Å². The van der Waals surface area contributed by atoms with Crippen LogP contribution in [0, 0.1) is 5.92 Å². The molecule has 1 N–H and O–H groups in total. The second kappa shape index (κ2) is 9.02. The van der Waals surface area contributed by atoms with Gasteiger partial charge in [-0.05, 0) is 44.6 Å². The molecule has 2 rings (SSSR count). The predicted octanol–water partition coefficient (Wildman–Crippen LogP) is 4.18. The van der Waals surface area contributed by atoms with Gasteiger partial charge in [0.1, 0.15) is 5.60 Å². The second-order valence-corrected chi connectivity index (χ2v) is 6.67. The highest BCUT2D eigenvalue weighted by Crippen LogP contribution is 2.36. The van der Waals surface area contributed by atoms with Crippen LogP contribution in [0.15, 0.2) is 18.3 Å². The highest BCUT2D eigenvalue weighted by Gasteiger charge is 2.42. The van der Waals surface area contributed by atoms with Crippen LogP contribution in [0.4, 0.5) is 5.69 Å². The van der Waals surface area contributed by atoms with Crippen molar-refractivity contribution in [1.82, 2.24) is 4.98 Å². The normalized spacial score (nSPS) is 23.7. The van der Waals surface area contributed by atoms with Crippen molar-refractivity contribution >= 4 is 11.6 Å². The summed E-state index contributed by atoms with van der Waals surface area (Å²) >= 11 is 0. The SMILES string of the molecule is CCCCOc1ccc(NC(=O)[C@@]2(OCC)CCC[C@H](C)C2)cn1. The van der Waals surface area contributed by atoms with Crippen LogP contribution >= 0.6 is 0 Å².